The SMILES string of the molecule is COc1ccc(OC)c(C(=O)/C=C/c2ccc(OC(=O)c3ccc(Br)cc3)c(OC)c2)c1. The fraction of sp³-hybridized carbons (Fsp3) is 0.120. The van der Waals surface area contributed by atoms with Crippen molar-refractivity contribution < 1.29 is 28.5 Å². The molecule has 0 aliphatic heterocycles. The van der Waals surface area contributed by atoms with E-state index in [0.29, 0.717) is 33.9 Å². The number of carbonyl (C=O) groups is 2. The number of hydrogen-bond donors (Lipinski definition) is 0. The van der Waals surface area contributed by atoms with Gasteiger partial charge in [-0.3, -0.25) is 4.79 Å². The van der Waals surface area contributed by atoms with Gasteiger partial charge in [0.2, 0.25) is 0 Å². The molecule has 0 amide bonds. The molecule has 3 aromatic carbocycles. The quantitative estimate of drug-likeness (QED) is 0.175. The van der Waals surface area contributed by atoms with Crippen LogP contribution in [0.1, 0.15) is 26.3 Å². The normalized spacial score (nSPS) is 10.6. The van der Waals surface area contributed by atoms with Crippen molar-refractivity contribution in [1.82, 2.24) is 0 Å². The minimum absolute atomic E-state index is 0.245. The van der Waals surface area contributed by atoms with Crippen LogP contribution in [0.5, 0.6) is 23.0 Å². The summed E-state index contributed by atoms with van der Waals surface area (Å²) in [6.07, 6.45) is 3.07. The molecule has 0 heterocycles. The number of methoxy groups -OCH3 is 3. The van der Waals surface area contributed by atoms with Crippen LogP contribution >= 0.6 is 15.9 Å². The Balaban J connectivity index is 1.78. The van der Waals surface area contributed by atoms with Crippen LogP contribution in [0.15, 0.2) is 71.2 Å². The Morgan fingerprint density at radius 3 is 2.12 bits per heavy atom. The van der Waals surface area contributed by atoms with E-state index < -0.39 is 5.97 Å². The molecule has 0 bridgehead atoms. The maximum atomic E-state index is 12.7. The predicted octanol–water partition coefficient (Wildman–Crippen LogP) is 5.59. The van der Waals surface area contributed by atoms with Gasteiger partial charge in [0.25, 0.3) is 0 Å². The number of hydrogen-bond acceptors (Lipinski definition) is 6. The summed E-state index contributed by atoms with van der Waals surface area (Å²) in [5.41, 5.74) is 1.49. The molecular formula is C25H21BrO6. The molecule has 7 heteroatoms. The van der Waals surface area contributed by atoms with Gasteiger partial charge in [0, 0.05) is 4.47 Å². The van der Waals surface area contributed by atoms with Gasteiger partial charge in [-0.1, -0.05) is 28.1 Å². The third-order valence-electron chi connectivity index (χ3n) is 4.57. The minimum atomic E-state index is -0.501. The van der Waals surface area contributed by atoms with Crippen LogP contribution in [0.2, 0.25) is 0 Å². The number of carbonyl (C=O) groups excluding carboxylic acids is 2. The fourth-order valence-electron chi connectivity index (χ4n) is 2.89. The number of allylic oxidation sites excluding steroid dienone is 1. The number of halogens is 1. The molecule has 0 aliphatic rings. The first-order valence-corrected chi connectivity index (χ1v) is 10.3. The van der Waals surface area contributed by atoms with Crippen molar-refractivity contribution >= 4 is 33.8 Å². The monoisotopic (exact) mass is 496 g/mol. The summed E-state index contributed by atoms with van der Waals surface area (Å²) >= 11 is 3.33. The molecule has 0 saturated carbocycles. The number of ether oxygens (including phenoxy) is 4. The van der Waals surface area contributed by atoms with Crippen molar-refractivity contribution in [1.29, 1.82) is 0 Å². The van der Waals surface area contributed by atoms with Gasteiger partial charge < -0.3 is 18.9 Å². The van der Waals surface area contributed by atoms with E-state index in [9.17, 15) is 9.59 Å². The van der Waals surface area contributed by atoms with Crippen molar-refractivity contribution in [2.24, 2.45) is 0 Å². The highest BCUT2D eigenvalue weighted by molar-refractivity contribution is 9.10. The molecule has 3 aromatic rings. The van der Waals surface area contributed by atoms with Gasteiger partial charge in [-0.05, 0) is 66.2 Å². The fourth-order valence-corrected chi connectivity index (χ4v) is 3.15. The van der Waals surface area contributed by atoms with Gasteiger partial charge in [0.05, 0.1) is 32.5 Å². The predicted molar refractivity (Wildman–Crippen MR) is 125 cm³/mol. The zero-order valence-electron chi connectivity index (χ0n) is 17.8. The molecule has 0 unspecified atom stereocenters. The van der Waals surface area contributed by atoms with Crippen LogP contribution in [0.4, 0.5) is 0 Å². The third-order valence-corrected chi connectivity index (χ3v) is 5.10. The Bertz CT molecular complexity index is 1150. The molecule has 32 heavy (non-hydrogen) atoms. The first-order chi connectivity index (χ1) is 15.4. The zero-order chi connectivity index (χ0) is 23.1. The Morgan fingerprint density at radius 1 is 0.781 bits per heavy atom. The van der Waals surface area contributed by atoms with Gasteiger partial charge >= 0.3 is 5.97 Å². The van der Waals surface area contributed by atoms with Crippen molar-refractivity contribution in [2.75, 3.05) is 21.3 Å². The number of benzene rings is 3. The summed E-state index contributed by atoms with van der Waals surface area (Å²) in [6, 6.07) is 16.9. The summed E-state index contributed by atoms with van der Waals surface area (Å²) in [5.74, 6) is 0.904. The summed E-state index contributed by atoms with van der Waals surface area (Å²) in [7, 11) is 4.51. The second-order valence-corrected chi connectivity index (χ2v) is 7.49. The Kier molecular flexibility index (Phi) is 7.68. The number of esters is 1. The van der Waals surface area contributed by atoms with E-state index in [2.05, 4.69) is 15.9 Å². The molecular weight excluding hydrogens is 476 g/mol. The Hall–Kier alpha value is -3.58. The Labute approximate surface area is 194 Å². The first kappa shape index (κ1) is 23.1. The average molecular weight is 497 g/mol. The molecule has 0 aromatic heterocycles. The molecule has 0 saturated heterocycles. The van der Waals surface area contributed by atoms with Gasteiger partial charge in [-0.2, -0.15) is 0 Å². The van der Waals surface area contributed by atoms with E-state index in [1.54, 1.807) is 66.7 Å². The molecule has 0 fully saturated rings. The second kappa shape index (κ2) is 10.6. The lowest BCUT2D eigenvalue weighted by molar-refractivity contribution is 0.0729. The van der Waals surface area contributed by atoms with E-state index in [4.69, 9.17) is 18.9 Å². The lowest BCUT2D eigenvalue weighted by atomic mass is 10.1. The zero-order valence-corrected chi connectivity index (χ0v) is 19.3. The molecule has 0 N–H and O–H groups in total. The molecule has 6 nitrogen and oxygen atoms in total. The van der Waals surface area contributed by atoms with Crippen molar-refractivity contribution in [3.05, 3.63) is 87.9 Å². The number of ketones is 1. The standard InChI is InChI=1S/C25H21BrO6/c1-29-19-10-13-22(30-2)20(15-19)21(27)11-4-16-5-12-23(24(14-16)31-3)32-25(28)17-6-8-18(26)9-7-17/h4-15H,1-3H3/b11-4+. The van der Waals surface area contributed by atoms with Crippen molar-refractivity contribution in [3.63, 3.8) is 0 Å². The van der Waals surface area contributed by atoms with Gasteiger partial charge in [0.1, 0.15) is 11.5 Å². The molecule has 0 atom stereocenters. The summed E-state index contributed by atoms with van der Waals surface area (Å²) in [5, 5.41) is 0. The molecule has 0 radical (unpaired) electrons. The summed E-state index contributed by atoms with van der Waals surface area (Å²) in [4.78, 5) is 25.1. The topological polar surface area (TPSA) is 71.1 Å². The lowest BCUT2D eigenvalue weighted by Gasteiger charge is -2.10. The Morgan fingerprint density at radius 2 is 1.47 bits per heavy atom. The number of rotatable bonds is 8. The van der Waals surface area contributed by atoms with E-state index in [-0.39, 0.29) is 11.5 Å². The van der Waals surface area contributed by atoms with Crippen LogP contribution < -0.4 is 18.9 Å². The molecule has 0 spiro atoms. The second-order valence-electron chi connectivity index (χ2n) is 6.57. The highest BCUT2D eigenvalue weighted by Crippen LogP contribution is 2.30. The van der Waals surface area contributed by atoms with E-state index >= 15 is 0 Å². The lowest BCUT2D eigenvalue weighted by Crippen LogP contribution is -2.09. The molecule has 0 aliphatic carbocycles. The van der Waals surface area contributed by atoms with Crippen LogP contribution in [-0.2, 0) is 0 Å². The highest BCUT2D eigenvalue weighted by Gasteiger charge is 2.14. The van der Waals surface area contributed by atoms with Crippen molar-refractivity contribution in [2.45, 2.75) is 0 Å². The summed E-state index contributed by atoms with van der Waals surface area (Å²) in [6.45, 7) is 0. The van der Waals surface area contributed by atoms with Crippen LogP contribution in [-0.4, -0.2) is 33.1 Å². The van der Waals surface area contributed by atoms with Crippen LogP contribution in [0.3, 0.4) is 0 Å². The highest BCUT2D eigenvalue weighted by atomic mass is 79.9. The maximum absolute atomic E-state index is 12.7. The van der Waals surface area contributed by atoms with Gasteiger partial charge in [-0.25, -0.2) is 4.79 Å². The van der Waals surface area contributed by atoms with Gasteiger partial charge in [0.15, 0.2) is 17.3 Å². The van der Waals surface area contributed by atoms with Crippen LogP contribution in [0.25, 0.3) is 6.08 Å². The largest absolute Gasteiger partial charge is 0.497 e. The van der Waals surface area contributed by atoms with Gasteiger partial charge in [-0.15, -0.1) is 0 Å². The third kappa shape index (κ3) is 5.56. The maximum Gasteiger partial charge on any atom is 0.343 e. The molecule has 164 valence electrons. The van der Waals surface area contributed by atoms with Crippen LogP contribution in [0, 0.1) is 0 Å². The van der Waals surface area contributed by atoms with Crippen molar-refractivity contribution in [3.8, 4) is 23.0 Å². The average Bonchev–Trinajstić information content (AvgIpc) is 2.82. The summed E-state index contributed by atoms with van der Waals surface area (Å²) < 4.78 is 22.1. The molecule has 3 rings (SSSR count). The van der Waals surface area contributed by atoms with E-state index in [1.165, 1.54) is 27.4 Å². The smallest absolute Gasteiger partial charge is 0.343 e. The first-order valence-electron chi connectivity index (χ1n) is 9.55. The minimum Gasteiger partial charge on any atom is -0.497 e. The van der Waals surface area contributed by atoms with E-state index in [1.807, 2.05) is 0 Å². The van der Waals surface area contributed by atoms with E-state index in [0.717, 1.165) is 4.47 Å².